The van der Waals surface area contributed by atoms with Crippen molar-refractivity contribution in [3.63, 3.8) is 0 Å². The SMILES string of the molecule is CN(C)CCOc1c[nH]c2ccc(Br)cc12. The second-order valence-electron chi connectivity index (χ2n) is 3.99. The van der Waals surface area contributed by atoms with Crippen LogP contribution in [0, 0.1) is 0 Å². The molecule has 0 bridgehead atoms. The first-order valence-corrected chi connectivity index (χ1v) is 6.00. The van der Waals surface area contributed by atoms with Gasteiger partial charge in [0.15, 0.2) is 0 Å². The summed E-state index contributed by atoms with van der Waals surface area (Å²) in [5.41, 5.74) is 1.10. The van der Waals surface area contributed by atoms with E-state index in [0.717, 1.165) is 27.7 Å². The van der Waals surface area contributed by atoms with Crippen molar-refractivity contribution in [3.05, 3.63) is 28.9 Å². The summed E-state index contributed by atoms with van der Waals surface area (Å²) >= 11 is 3.46. The number of nitrogens with zero attached hydrogens (tertiary/aromatic N) is 1. The third-order valence-electron chi connectivity index (χ3n) is 2.40. The smallest absolute Gasteiger partial charge is 0.144 e. The zero-order valence-electron chi connectivity index (χ0n) is 9.46. The fourth-order valence-electron chi connectivity index (χ4n) is 1.52. The van der Waals surface area contributed by atoms with Crippen molar-refractivity contribution in [2.75, 3.05) is 27.2 Å². The van der Waals surface area contributed by atoms with E-state index in [1.165, 1.54) is 0 Å². The summed E-state index contributed by atoms with van der Waals surface area (Å²) in [7, 11) is 4.07. The molecule has 0 radical (unpaired) electrons. The molecular weight excluding hydrogens is 268 g/mol. The molecule has 0 saturated carbocycles. The average Bonchev–Trinajstić information content (AvgIpc) is 2.60. The lowest BCUT2D eigenvalue weighted by molar-refractivity contribution is 0.263. The molecule has 0 aliphatic heterocycles. The standard InChI is InChI=1S/C12H15BrN2O/c1-15(2)5-6-16-12-8-14-11-4-3-9(13)7-10(11)12/h3-4,7-8,14H,5-6H2,1-2H3. The zero-order valence-corrected chi connectivity index (χ0v) is 11.0. The van der Waals surface area contributed by atoms with Gasteiger partial charge < -0.3 is 14.6 Å². The van der Waals surface area contributed by atoms with E-state index < -0.39 is 0 Å². The van der Waals surface area contributed by atoms with Gasteiger partial charge in [0, 0.05) is 28.1 Å². The molecule has 86 valence electrons. The second-order valence-corrected chi connectivity index (χ2v) is 4.91. The Kier molecular flexibility index (Phi) is 3.51. The topological polar surface area (TPSA) is 28.3 Å². The van der Waals surface area contributed by atoms with E-state index in [1.807, 2.05) is 32.4 Å². The number of benzene rings is 1. The Morgan fingerprint density at radius 1 is 1.38 bits per heavy atom. The first-order valence-electron chi connectivity index (χ1n) is 5.21. The van der Waals surface area contributed by atoms with Gasteiger partial charge >= 0.3 is 0 Å². The van der Waals surface area contributed by atoms with Gasteiger partial charge in [0.25, 0.3) is 0 Å². The van der Waals surface area contributed by atoms with Crippen LogP contribution in [0.4, 0.5) is 0 Å². The molecule has 1 aromatic heterocycles. The summed E-state index contributed by atoms with van der Waals surface area (Å²) in [6.07, 6.45) is 1.91. The minimum Gasteiger partial charge on any atom is -0.490 e. The number of hydrogen-bond donors (Lipinski definition) is 1. The molecule has 0 atom stereocenters. The van der Waals surface area contributed by atoms with Crippen LogP contribution in [0.1, 0.15) is 0 Å². The number of H-pyrrole nitrogens is 1. The van der Waals surface area contributed by atoms with Crippen molar-refractivity contribution >= 4 is 26.8 Å². The van der Waals surface area contributed by atoms with Gasteiger partial charge in [0.1, 0.15) is 12.4 Å². The van der Waals surface area contributed by atoms with Gasteiger partial charge in [0.2, 0.25) is 0 Å². The van der Waals surface area contributed by atoms with Crippen molar-refractivity contribution in [2.24, 2.45) is 0 Å². The molecule has 0 saturated heterocycles. The van der Waals surface area contributed by atoms with E-state index in [2.05, 4.69) is 31.9 Å². The third-order valence-corrected chi connectivity index (χ3v) is 2.90. The van der Waals surface area contributed by atoms with Crippen molar-refractivity contribution < 1.29 is 4.74 Å². The molecule has 0 spiro atoms. The highest BCUT2D eigenvalue weighted by Gasteiger charge is 2.04. The van der Waals surface area contributed by atoms with Crippen molar-refractivity contribution in [1.29, 1.82) is 0 Å². The van der Waals surface area contributed by atoms with Gasteiger partial charge in [-0.2, -0.15) is 0 Å². The van der Waals surface area contributed by atoms with Crippen LogP contribution in [-0.4, -0.2) is 37.1 Å². The van der Waals surface area contributed by atoms with Gasteiger partial charge in [-0.25, -0.2) is 0 Å². The highest BCUT2D eigenvalue weighted by atomic mass is 79.9. The molecular formula is C12H15BrN2O. The number of aromatic amines is 1. The number of rotatable bonds is 4. The maximum absolute atomic E-state index is 5.73. The first-order chi connectivity index (χ1) is 7.66. The molecule has 2 aromatic rings. The van der Waals surface area contributed by atoms with Crippen LogP contribution < -0.4 is 4.74 Å². The summed E-state index contributed by atoms with van der Waals surface area (Å²) in [5, 5.41) is 1.12. The van der Waals surface area contributed by atoms with Gasteiger partial charge in [0.05, 0.1) is 0 Å². The molecule has 4 heteroatoms. The number of hydrogen-bond acceptors (Lipinski definition) is 2. The minimum absolute atomic E-state index is 0.701. The summed E-state index contributed by atoms with van der Waals surface area (Å²) in [6, 6.07) is 6.12. The Hall–Kier alpha value is -1.000. The molecule has 0 amide bonds. The zero-order chi connectivity index (χ0) is 11.5. The Bertz CT molecular complexity index is 479. The minimum atomic E-state index is 0.701. The summed E-state index contributed by atoms with van der Waals surface area (Å²) in [6.45, 7) is 1.62. The van der Waals surface area contributed by atoms with Crippen LogP contribution in [-0.2, 0) is 0 Å². The molecule has 2 rings (SSSR count). The van der Waals surface area contributed by atoms with Crippen LogP contribution in [0.2, 0.25) is 0 Å². The fourth-order valence-corrected chi connectivity index (χ4v) is 1.89. The molecule has 1 aromatic carbocycles. The van der Waals surface area contributed by atoms with Crippen molar-refractivity contribution in [2.45, 2.75) is 0 Å². The van der Waals surface area contributed by atoms with Gasteiger partial charge in [-0.1, -0.05) is 15.9 Å². The largest absolute Gasteiger partial charge is 0.490 e. The molecule has 1 heterocycles. The first kappa shape index (κ1) is 11.5. The van der Waals surface area contributed by atoms with Gasteiger partial charge in [-0.05, 0) is 32.3 Å². The average molecular weight is 283 g/mol. The monoisotopic (exact) mass is 282 g/mol. The van der Waals surface area contributed by atoms with Crippen LogP contribution in [0.15, 0.2) is 28.9 Å². The quantitative estimate of drug-likeness (QED) is 0.934. The van der Waals surface area contributed by atoms with Crippen LogP contribution in [0.5, 0.6) is 5.75 Å². The Morgan fingerprint density at radius 3 is 2.94 bits per heavy atom. The van der Waals surface area contributed by atoms with Crippen LogP contribution >= 0.6 is 15.9 Å². The Balaban J connectivity index is 2.15. The molecule has 0 aliphatic carbocycles. The van der Waals surface area contributed by atoms with E-state index in [4.69, 9.17) is 4.74 Å². The van der Waals surface area contributed by atoms with E-state index in [-0.39, 0.29) is 0 Å². The maximum Gasteiger partial charge on any atom is 0.144 e. The lowest BCUT2D eigenvalue weighted by Gasteiger charge is -2.10. The van der Waals surface area contributed by atoms with Crippen molar-refractivity contribution in [3.8, 4) is 5.75 Å². The molecule has 3 nitrogen and oxygen atoms in total. The lowest BCUT2D eigenvalue weighted by atomic mass is 10.2. The molecule has 0 fully saturated rings. The van der Waals surface area contributed by atoms with Crippen molar-refractivity contribution in [1.82, 2.24) is 9.88 Å². The summed E-state index contributed by atoms with van der Waals surface area (Å²) in [4.78, 5) is 5.30. The van der Waals surface area contributed by atoms with Gasteiger partial charge in [-0.15, -0.1) is 0 Å². The van der Waals surface area contributed by atoms with E-state index in [1.54, 1.807) is 0 Å². The summed E-state index contributed by atoms with van der Waals surface area (Å²) < 4.78 is 6.80. The van der Waals surface area contributed by atoms with E-state index >= 15 is 0 Å². The second kappa shape index (κ2) is 4.89. The highest BCUT2D eigenvalue weighted by Crippen LogP contribution is 2.28. The number of nitrogens with one attached hydrogen (secondary N) is 1. The number of fused-ring (bicyclic) bond motifs is 1. The lowest BCUT2D eigenvalue weighted by Crippen LogP contribution is -2.19. The van der Waals surface area contributed by atoms with E-state index in [0.29, 0.717) is 6.61 Å². The predicted molar refractivity (Wildman–Crippen MR) is 70.0 cm³/mol. The fraction of sp³-hybridized carbons (Fsp3) is 0.333. The Labute approximate surface area is 104 Å². The highest BCUT2D eigenvalue weighted by molar-refractivity contribution is 9.10. The predicted octanol–water partition coefficient (Wildman–Crippen LogP) is 2.87. The Morgan fingerprint density at radius 2 is 2.19 bits per heavy atom. The molecule has 0 unspecified atom stereocenters. The molecule has 0 aliphatic rings. The van der Waals surface area contributed by atoms with Crippen LogP contribution in [0.3, 0.4) is 0 Å². The number of likely N-dealkylation sites (N-methyl/N-ethyl adjacent to an activating group) is 1. The van der Waals surface area contributed by atoms with Gasteiger partial charge in [-0.3, -0.25) is 0 Å². The number of aromatic nitrogens is 1. The van der Waals surface area contributed by atoms with E-state index in [9.17, 15) is 0 Å². The summed E-state index contributed by atoms with van der Waals surface area (Å²) in [5.74, 6) is 0.915. The number of halogens is 1. The normalized spacial score (nSPS) is 11.2. The maximum atomic E-state index is 5.73. The molecule has 1 N–H and O–H groups in total. The third kappa shape index (κ3) is 2.57. The number of ether oxygens (including phenoxy) is 1. The molecule has 16 heavy (non-hydrogen) atoms. The van der Waals surface area contributed by atoms with Crippen LogP contribution in [0.25, 0.3) is 10.9 Å².